The summed E-state index contributed by atoms with van der Waals surface area (Å²) in [5, 5.41) is 1.14. The first-order valence-corrected chi connectivity index (χ1v) is 10.3. The predicted octanol–water partition coefficient (Wildman–Crippen LogP) is 4.84. The maximum atomic E-state index is 12.6. The number of ether oxygens (including phenoxy) is 1. The third-order valence-corrected chi connectivity index (χ3v) is 6.34. The van der Waals surface area contributed by atoms with Crippen molar-refractivity contribution < 1.29 is 9.53 Å². The number of halogens is 1. The number of piperidine rings is 1. The maximum Gasteiger partial charge on any atom is 0.260 e. The van der Waals surface area contributed by atoms with Gasteiger partial charge in [-0.25, -0.2) is 4.98 Å². The number of para-hydroxylation sites is 1. The van der Waals surface area contributed by atoms with Gasteiger partial charge >= 0.3 is 0 Å². The summed E-state index contributed by atoms with van der Waals surface area (Å²) in [6.07, 6.45) is 2.09. The summed E-state index contributed by atoms with van der Waals surface area (Å²) in [5.41, 5.74) is 1.05. The third kappa shape index (κ3) is 3.91. The zero-order valence-corrected chi connectivity index (χ0v) is 16.6. The number of carbonyl (C=O) groups excluding carboxylic acids is 1. The molecule has 0 unspecified atom stereocenters. The molecule has 1 saturated heterocycles. The van der Waals surface area contributed by atoms with Crippen LogP contribution in [-0.2, 0) is 4.79 Å². The number of hydrogen-bond donors (Lipinski definition) is 0. The van der Waals surface area contributed by atoms with Crippen LogP contribution in [0.15, 0.2) is 53.0 Å². The molecule has 0 spiro atoms. The highest BCUT2D eigenvalue weighted by atomic mass is 79.9. The zero-order chi connectivity index (χ0) is 17.9. The van der Waals surface area contributed by atoms with Crippen molar-refractivity contribution in [3.8, 4) is 5.75 Å². The number of thiazole rings is 1. The second-order valence-electron chi connectivity index (χ2n) is 6.44. The van der Waals surface area contributed by atoms with E-state index in [1.165, 1.54) is 4.70 Å². The van der Waals surface area contributed by atoms with Crippen molar-refractivity contribution in [1.29, 1.82) is 0 Å². The smallest absolute Gasteiger partial charge is 0.260 e. The molecule has 1 fully saturated rings. The van der Waals surface area contributed by atoms with Gasteiger partial charge in [-0.05, 0) is 49.2 Å². The van der Waals surface area contributed by atoms with Crippen LogP contribution in [0.5, 0.6) is 5.75 Å². The number of aromatic nitrogens is 1. The molecule has 0 N–H and O–H groups in total. The van der Waals surface area contributed by atoms with Crippen LogP contribution in [0.3, 0.4) is 0 Å². The third-order valence-electron chi connectivity index (χ3n) is 4.61. The molecule has 0 bridgehead atoms. The van der Waals surface area contributed by atoms with E-state index in [0.29, 0.717) is 11.7 Å². The second kappa shape index (κ2) is 7.76. The second-order valence-corrected chi connectivity index (χ2v) is 8.42. The summed E-state index contributed by atoms with van der Waals surface area (Å²) < 4.78 is 7.84. The van der Waals surface area contributed by atoms with Gasteiger partial charge in [0.2, 0.25) is 0 Å². The van der Waals surface area contributed by atoms with Crippen LogP contribution < -0.4 is 4.74 Å². The largest absolute Gasteiger partial charge is 0.484 e. The Morgan fingerprint density at radius 1 is 1.23 bits per heavy atom. The summed E-state index contributed by atoms with van der Waals surface area (Å²) in [7, 11) is 0. The van der Waals surface area contributed by atoms with Crippen LogP contribution in [0, 0.1) is 0 Å². The fourth-order valence-corrected chi connectivity index (χ4v) is 4.59. The number of likely N-dealkylation sites (tertiary alicyclic amines) is 1. The molecule has 1 aliphatic heterocycles. The van der Waals surface area contributed by atoms with Crippen LogP contribution >= 0.6 is 27.3 Å². The standard InChI is InChI=1S/C20H19BrN2O2S/c21-15-7-9-16(10-8-15)25-13-19(24)23-11-3-4-14(12-23)20-22-17-5-1-2-6-18(17)26-20/h1-2,5-10,14H,3-4,11-13H2/t14-/m1/s1. The minimum atomic E-state index is 0.0405. The molecule has 4 rings (SSSR count). The summed E-state index contributed by atoms with van der Waals surface area (Å²) in [6.45, 7) is 1.60. The van der Waals surface area contributed by atoms with Crippen LogP contribution in [0.1, 0.15) is 23.8 Å². The molecule has 134 valence electrons. The van der Waals surface area contributed by atoms with E-state index in [-0.39, 0.29) is 12.5 Å². The molecule has 0 aliphatic carbocycles. The van der Waals surface area contributed by atoms with E-state index in [4.69, 9.17) is 9.72 Å². The Hall–Kier alpha value is -1.92. The first-order chi connectivity index (χ1) is 12.7. The average Bonchev–Trinajstić information content (AvgIpc) is 3.12. The molecule has 0 saturated carbocycles. The molecule has 0 radical (unpaired) electrons. The zero-order valence-electron chi connectivity index (χ0n) is 14.2. The minimum Gasteiger partial charge on any atom is -0.484 e. The highest BCUT2D eigenvalue weighted by Gasteiger charge is 2.27. The quantitative estimate of drug-likeness (QED) is 0.594. The highest BCUT2D eigenvalue weighted by Crippen LogP contribution is 2.33. The lowest BCUT2D eigenvalue weighted by molar-refractivity contribution is -0.134. The van der Waals surface area contributed by atoms with Crippen molar-refractivity contribution in [3.63, 3.8) is 0 Å². The Balaban J connectivity index is 1.39. The van der Waals surface area contributed by atoms with Crippen molar-refractivity contribution in [2.45, 2.75) is 18.8 Å². The molecule has 2 aromatic carbocycles. The topological polar surface area (TPSA) is 42.4 Å². The van der Waals surface area contributed by atoms with E-state index < -0.39 is 0 Å². The predicted molar refractivity (Wildman–Crippen MR) is 108 cm³/mol. The summed E-state index contributed by atoms with van der Waals surface area (Å²) in [6, 6.07) is 15.7. The van der Waals surface area contributed by atoms with Crippen molar-refractivity contribution in [2.24, 2.45) is 0 Å². The van der Waals surface area contributed by atoms with Crippen LogP contribution in [0.2, 0.25) is 0 Å². The van der Waals surface area contributed by atoms with Crippen LogP contribution in [0.4, 0.5) is 0 Å². The van der Waals surface area contributed by atoms with Crippen LogP contribution in [-0.4, -0.2) is 35.5 Å². The molecule has 1 amide bonds. The van der Waals surface area contributed by atoms with E-state index >= 15 is 0 Å². The van der Waals surface area contributed by atoms with Gasteiger partial charge in [-0.2, -0.15) is 0 Å². The number of carbonyl (C=O) groups is 1. The fourth-order valence-electron chi connectivity index (χ4n) is 3.24. The first kappa shape index (κ1) is 17.5. The number of fused-ring (bicyclic) bond motifs is 1. The Morgan fingerprint density at radius 3 is 2.85 bits per heavy atom. The van der Waals surface area contributed by atoms with E-state index in [1.807, 2.05) is 47.4 Å². The van der Waals surface area contributed by atoms with Crippen LogP contribution in [0.25, 0.3) is 10.2 Å². The Labute approximate surface area is 164 Å². The van der Waals surface area contributed by atoms with Crippen molar-refractivity contribution in [3.05, 3.63) is 58.0 Å². The monoisotopic (exact) mass is 430 g/mol. The summed E-state index contributed by atoms with van der Waals surface area (Å²) >= 11 is 5.14. The molecule has 1 aromatic heterocycles. The molecule has 6 heteroatoms. The number of rotatable bonds is 4. The van der Waals surface area contributed by atoms with Crippen molar-refractivity contribution in [2.75, 3.05) is 19.7 Å². The number of nitrogens with zero attached hydrogens (tertiary/aromatic N) is 2. The van der Waals surface area contributed by atoms with Gasteiger partial charge in [-0.1, -0.05) is 28.1 Å². The van der Waals surface area contributed by atoms with Gasteiger partial charge in [-0.3, -0.25) is 4.79 Å². The van der Waals surface area contributed by atoms with Gasteiger partial charge in [0.15, 0.2) is 6.61 Å². The van der Waals surface area contributed by atoms with Crippen molar-refractivity contribution >= 4 is 43.4 Å². The van der Waals surface area contributed by atoms with Gasteiger partial charge in [-0.15, -0.1) is 11.3 Å². The van der Waals surface area contributed by atoms with Gasteiger partial charge in [0, 0.05) is 23.5 Å². The van der Waals surface area contributed by atoms with Gasteiger partial charge in [0.25, 0.3) is 5.91 Å². The lowest BCUT2D eigenvalue weighted by Gasteiger charge is -2.31. The van der Waals surface area contributed by atoms with E-state index in [1.54, 1.807) is 11.3 Å². The summed E-state index contributed by atoms with van der Waals surface area (Å²) in [5.74, 6) is 1.07. The van der Waals surface area contributed by atoms with Gasteiger partial charge in [0.05, 0.1) is 15.2 Å². The lowest BCUT2D eigenvalue weighted by Crippen LogP contribution is -2.41. The number of benzene rings is 2. The Morgan fingerprint density at radius 2 is 2.04 bits per heavy atom. The summed E-state index contributed by atoms with van der Waals surface area (Å²) in [4.78, 5) is 19.3. The molecule has 4 nitrogen and oxygen atoms in total. The van der Waals surface area contributed by atoms with Gasteiger partial charge in [0.1, 0.15) is 5.75 Å². The van der Waals surface area contributed by atoms with E-state index in [2.05, 4.69) is 22.0 Å². The maximum absolute atomic E-state index is 12.6. The molecule has 2 heterocycles. The van der Waals surface area contributed by atoms with Gasteiger partial charge < -0.3 is 9.64 Å². The molecular formula is C20H19BrN2O2S. The Bertz CT molecular complexity index is 877. The van der Waals surface area contributed by atoms with Crippen molar-refractivity contribution in [1.82, 2.24) is 9.88 Å². The molecule has 3 aromatic rings. The van der Waals surface area contributed by atoms with E-state index in [9.17, 15) is 4.79 Å². The minimum absolute atomic E-state index is 0.0405. The average molecular weight is 431 g/mol. The molecule has 1 atom stereocenters. The fraction of sp³-hybridized carbons (Fsp3) is 0.300. The lowest BCUT2D eigenvalue weighted by atomic mass is 9.99. The Kier molecular flexibility index (Phi) is 5.22. The number of hydrogen-bond acceptors (Lipinski definition) is 4. The normalized spacial score (nSPS) is 17.4. The first-order valence-electron chi connectivity index (χ1n) is 8.70. The van der Waals surface area contributed by atoms with E-state index in [0.717, 1.165) is 40.9 Å². The molecular weight excluding hydrogens is 412 g/mol. The molecule has 1 aliphatic rings. The number of amides is 1. The SMILES string of the molecule is O=C(COc1ccc(Br)cc1)N1CCC[C@@H](c2nc3ccccc3s2)C1. The highest BCUT2D eigenvalue weighted by molar-refractivity contribution is 9.10. The molecule has 26 heavy (non-hydrogen) atoms.